The quantitative estimate of drug-likeness (QED) is 0.826. The van der Waals surface area contributed by atoms with E-state index >= 15 is 0 Å². The van der Waals surface area contributed by atoms with Crippen molar-refractivity contribution in [1.82, 2.24) is 9.80 Å². The first kappa shape index (κ1) is 19.2. The van der Waals surface area contributed by atoms with Crippen LogP contribution in [-0.2, 0) is 4.79 Å². The van der Waals surface area contributed by atoms with Crippen LogP contribution in [0.5, 0.6) is 0 Å². The van der Waals surface area contributed by atoms with Crippen LogP contribution in [0.4, 0.5) is 0 Å². The minimum Gasteiger partial charge on any atom is -0.389 e. The van der Waals surface area contributed by atoms with E-state index in [1.54, 1.807) is 0 Å². The molecule has 144 valence electrons. The maximum Gasteiger partial charge on any atom is 0.225 e. The van der Waals surface area contributed by atoms with Crippen LogP contribution in [0.15, 0.2) is 0 Å². The molecule has 2 aliphatic carbocycles. The molecule has 1 saturated heterocycles. The van der Waals surface area contributed by atoms with Crippen molar-refractivity contribution in [2.45, 2.75) is 83.2 Å². The highest BCUT2D eigenvalue weighted by molar-refractivity contribution is 5.79. The van der Waals surface area contributed by atoms with E-state index in [9.17, 15) is 9.90 Å². The Morgan fingerprint density at radius 3 is 2.24 bits per heavy atom. The van der Waals surface area contributed by atoms with Gasteiger partial charge < -0.3 is 14.9 Å². The molecule has 0 unspecified atom stereocenters. The Morgan fingerprint density at radius 1 is 1.08 bits per heavy atom. The van der Waals surface area contributed by atoms with Gasteiger partial charge in [-0.1, -0.05) is 19.8 Å². The van der Waals surface area contributed by atoms with Crippen molar-refractivity contribution in [2.24, 2.45) is 11.3 Å². The highest BCUT2D eigenvalue weighted by atomic mass is 16.3. The Morgan fingerprint density at radius 2 is 1.68 bits per heavy atom. The molecule has 4 nitrogen and oxygen atoms in total. The Labute approximate surface area is 153 Å². The highest BCUT2D eigenvalue weighted by Gasteiger charge is 2.44. The Hall–Kier alpha value is -0.610. The largest absolute Gasteiger partial charge is 0.389 e. The Balaban J connectivity index is 1.47. The maximum atomic E-state index is 12.6. The summed E-state index contributed by atoms with van der Waals surface area (Å²) in [6, 6.07) is 0. The van der Waals surface area contributed by atoms with Crippen molar-refractivity contribution in [3.8, 4) is 0 Å². The van der Waals surface area contributed by atoms with Gasteiger partial charge in [-0.3, -0.25) is 4.79 Å². The van der Waals surface area contributed by atoms with E-state index < -0.39 is 5.60 Å². The number of rotatable bonds is 5. The van der Waals surface area contributed by atoms with Gasteiger partial charge in [-0.15, -0.1) is 0 Å². The fourth-order valence-corrected chi connectivity index (χ4v) is 5.50. The molecular formula is C21H38N2O2. The number of nitrogens with zero attached hydrogens (tertiary/aromatic N) is 2. The zero-order valence-corrected chi connectivity index (χ0v) is 16.4. The number of hydrogen-bond acceptors (Lipinski definition) is 3. The molecular weight excluding hydrogens is 312 g/mol. The van der Waals surface area contributed by atoms with Crippen LogP contribution < -0.4 is 0 Å². The number of carbonyl (C=O) groups excluding carboxylic acids is 1. The van der Waals surface area contributed by atoms with Crippen molar-refractivity contribution >= 4 is 5.91 Å². The molecule has 25 heavy (non-hydrogen) atoms. The molecule has 0 atom stereocenters. The van der Waals surface area contributed by atoms with Crippen LogP contribution in [0, 0.1) is 11.3 Å². The third-order valence-corrected chi connectivity index (χ3v) is 7.25. The van der Waals surface area contributed by atoms with Crippen molar-refractivity contribution in [3.63, 3.8) is 0 Å². The Bertz CT molecular complexity index is 441. The van der Waals surface area contributed by atoms with Crippen molar-refractivity contribution in [1.29, 1.82) is 0 Å². The summed E-state index contributed by atoms with van der Waals surface area (Å²) in [7, 11) is 2.12. The molecule has 4 heteroatoms. The summed E-state index contributed by atoms with van der Waals surface area (Å²) < 4.78 is 0. The molecule has 3 rings (SSSR count). The van der Waals surface area contributed by atoms with E-state index in [0.717, 1.165) is 84.0 Å². The number of likely N-dealkylation sites (tertiary alicyclic amines) is 1. The molecule has 1 amide bonds. The van der Waals surface area contributed by atoms with Gasteiger partial charge in [-0.05, 0) is 76.8 Å². The summed E-state index contributed by atoms with van der Waals surface area (Å²) in [5.41, 5.74) is -0.103. The lowest BCUT2D eigenvalue weighted by Gasteiger charge is -2.49. The maximum absolute atomic E-state index is 12.6. The van der Waals surface area contributed by atoms with Gasteiger partial charge in [0.15, 0.2) is 0 Å². The zero-order chi connectivity index (χ0) is 17.9. The summed E-state index contributed by atoms with van der Waals surface area (Å²) in [4.78, 5) is 17.1. The molecule has 0 aromatic carbocycles. The molecule has 1 spiro atoms. The first-order valence-electron chi connectivity index (χ1n) is 10.7. The first-order valence-corrected chi connectivity index (χ1v) is 10.7. The van der Waals surface area contributed by atoms with Crippen molar-refractivity contribution < 1.29 is 9.90 Å². The predicted octanol–water partition coefficient (Wildman–Crippen LogP) is 3.43. The summed E-state index contributed by atoms with van der Waals surface area (Å²) >= 11 is 0. The minimum atomic E-state index is -0.494. The Kier molecular flexibility index (Phi) is 6.10. The average molecular weight is 351 g/mol. The number of amides is 1. The van der Waals surface area contributed by atoms with Crippen LogP contribution >= 0.6 is 0 Å². The van der Waals surface area contributed by atoms with E-state index in [-0.39, 0.29) is 0 Å². The minimum absolute atomic E-state index is 0.319. The first-order chi connectivity index (χ1) is 12.0. The van der Waals surface area contributed by atoms with Gasteiger partial charge in [0, 0.05) is 25.6 Å². The van der Waals surface area contributed by atoms with Crippen molar-refractivity contribution in [2.75, 3.05) is 33.2 Å². The van der Waals surface area contributed by atoms with Crippen LogP contribution in [0.1, 0.15) is 77.6 Å². The topological polar surface area (TPSA) is 43.8 Å². The number of piperidine rings is 1. The molecule has 1 heterocycles. The van der Waals surface area contributed by atoms with E-state index in [1.807, 2.05) is 0 Å². The van der Waals surface area contributed by atoms with E-state index in [2.05, 4.69) is 23.8 Å². The second kappa shape index (κ2) is 7.96. The summed E-state index contributed by atoms with van der Waals surface area (Å²) in [6.07, 6.45) is 12.2. The van der Waals surface area contributed by atoms with Crippen LogP contribution in [0.25, 0.3) is 0 Å². The molecule has 1 aliphatic heterocycles. The molecule has 0 aromatic rings. The van der Waals surface area contributed by atoms with Crippen molar-refractivity contribution in [3.05, 3.63) is 0 Å². The van der Waals surface area contributed by atoms with Crippen LogP contribution in [0.3, 0.4) is 0 Å². The summed E-state index contributed by atoms with van der Waals surface area (Å²) in [5.74, 6) is 0.750. The predicted molar refractivity (Wildman–Crippen MR) is 101 cm³/mol. The molecule has 0 radical (unpaired) electrons. The molecule has 2 saturated carbocycles. The molecule has 3 fully saturated rings. The fraction of sp³-hybridized carbons (Fsp3) is 0.952. The number of likely N-dealkylation sites (N-methyl/N-ethyl adjacent to an activating group) is 1. The normalized spacial score (nSPS) is 26.5. The smallest absolute Gasteiger partial charge is 0.225 e. The van der Waals surface area contributed by atoms with E-state index in [0.29, 0.717) is 17.2 Å². The van der Waals surface area contributed by atoms with Gasteiger partial charge in [0.1, 0.15) is 0 Å². The van der Waals surface area contributed by atoms with Crippen LogP contribution in [-0.4, -0.2) is 59.6 Å². The average Bonchev–Trinajstić information content (AvgIpc) is 3.13. The van der Waals surface area contributed by atoms with Gasteiger partial charge in [0.05, 0.1) is 5.60 Å². The second-order valence-electron chi connectivity index (χ2n) is 9.27. The van der Waals surface area contributed by atoms with Gasteiger partial charge >= 0.3 is 0 Å². The lowest BCUT2D eigenvalue weighted by molar-refractivity contribution is -0.139. The van der Waals surface area contributed by atoms with Gasteiger partial charge in [-0.2, -0.15) is 0 Å². The lowest BCUT2D eigenvalue weighted by Crippen LogP contribution is -2.50. The third kappa shape index (κ3) is 4.57. The lowest BCUT2D eigenvalue weighted by atomic mass is 9.64. The molecule has 3 aliphatic rings. The van der Waals surface area contributed by atoms with Gasteiger partial charge in [0.2, 0.25) is 5.91 Å². The highest BCUT2D eigenvalue weighted by Crippen LogP contribution is 2.48. The zero-order valence-electron chi connectivity index (χ0n) is 16.4. The number of carbonyl (C=O) groups is 1. The fourth-order valence-electron chi connectivity index (χ4n) is 5.50. The monoisotopic (exact) mass is 350 g/mol. The molecule has 0 aromatic heterocycles. The summed E-state index contributed by atoms with van der Waals surface area (Å²) in [5, 5.41) is 11.0. The second-order valence-corrected chi connectivity index (χ2v) is 9.27. The van der Waals surface area contributed by atoms with Crippen LogP contribution in [0.2, 0.25) is 0 Å². The molecule has 0 bridgehead atoms. The molecule has 1 N–H and O–H groups in total. The SMILES string of the molecule is CCCN(C)CC1(O)CCC2(CCN(C(=O)C3CCCC3)CC2)CC1. The summed E-state index contributed by atoms with van der Waals surface area (Å²) in [6.45, 7) is 5.96. The number of aliphatic hydroxyl groups is 1. The van der Waals surface area contributed by atoms with Gasteiger partial charge in [0.25, 0.3) is 0 Å². The number of hydrogen-bond donors (Lipinski definition) is 1. The van der Waals surface area contributed by atoms with Gasteiger partial charge in [-0.25, -0.2) is 0 Å². The standard InChI is InChI=1S/C21H38N2O2/c1-3-14-22(2)17-21(25)10-8-20(9-11-21)12-15-23(16-13-20)19(24)18-6-4-5-7-18/h18,25H,3-17H2,1-2H3. The van der Waals surface area contributed by atoms with E-state index in [1.165, 1.54) is 12.8 Å². The van der Waals surface area contributed by atoms with E-state index in [4.69, 9.17) is 0 Å². The third-order valence-electron chi connectivity index (χ3n) is 7.25.